The molecule has 0 spiro atoms. The second-order valence-electron chi connectivity index (χ2n) is 9.44. The number of aromatic amines is 1. The molecule has 1 aliphatic rings. The fraction of sp³-hybridized carbons (Fsp3) is 0.345. The van der Waals surface area contributed by atoms with Crippen LogP contribution in [0.2, 0.25) is 0 Å². The third-order valence-corrected chi connectivity index (χ3v) is 7.90. The Kier molecular flexibility index (Phi) is 8.02. The van der Waals surface area contributed by atoms with Crippen molar-refractivity contribution in [1.29, 1.82) is 0 Å². The van der Waals surface area contributed by atoms with Crippen LogP contribution in [-0.2, 0) is 27.1 Å². The number of nitrogens with zero attached hydrogens (tertiary/aromatic N) is 2. The smallest absolute Gasteiger partial charge is 0.341 e. The summed E-state index contributed by atoms with van der Waals surface area (Å²) in [6.07, 6.45) is 8.24. The third-order valence-electron chi connectivity index (χ3n) is 6.69. The highest BCUT2D eigenvalue weighted by molar-refractivity contribution is 7.17. The van der Waals surface area contributed by atoms with Crippen molar-refractivity contribution >= 4 is 45.2 Å². The van der Waals surface area contributed by atoms with Gasteiger partial charge in [0.15, 0.2) is 6.10 Å². The summed E-state index contributed by atoms with van der Waals surface area (Å²) in [5.74, 6) is -0.946. The zero-order valence-electron chi connectivity index (χ0n) is 21.9. The Morgan fingerprint density at radius 2 is 1.92 bits per heavy atom. The first-order valence-corrected chi connectivity index (χ1v) is 14.0. The number of nitrogens with one attached hydrogen (secondary N) is 2. The number of thiophene rings is 1. The number of H-pyrrole nitrogens is 1. The number of amides is 1. The van der Waals surface area contributed by atoms with E-state index in [-0.39, 0.29) is 12.2 Å². The number of benzene rings is 1. The number of carbonyl (C=O) groups excluding carboxylic acids is 3. The normalized spacial score (nSPS) is 14.1. The first-order valence-electron chi connectivity index (χ1n) is 13.2. The molecule has 9 nitrogen and oxygen atoms in total. The summed E-state index contributed by atoms with van der Waals surface area (Å²) in [6, 6.07) is 8.69. The van der Waals surface area contributed by atoms with Crippen molar-refractivity contribution in [3.05, 3.63) is 64.3 Å². The first kappa shape index (κ1) is 26.6. The van der Waals surface area contributed by atoms with Crippen molar-refractivity contribution < 1.29 is 23.9 Å². The molecule has 0 bridgehead atoms. The van der Waals surface area contributed by atoms with E-state index in [0.717, 1.165) is 54.5 Å². The standard InChI is InChI=1S/C29H30N4O5S/c1-3-37-29(36)24-20-10-6-4-5-7-11-23(20)39-27(24)33-26(34)17(2)38-28(35)18-12-13-21-22(15-18)32-25(31-21)19-9-8-14-30-16-19/h8-9,12-17H,3-7,10-11H2,1-2H3,(H,31,32)(H,33,34). The average molecular weight is 547 g/mol. The SMILES string of the molecule is CCOC(=O)c1c(NC(=O)C(C)OC(=O)c2ccc3nc(-c4cccnc4)[nH]c3c2)sc2c1CCCCCC2. The predicted octanol–water partition coefficient (Wildman–Crippen LogP) is 5.71. The zero-order chi connectivity index (χ0) is 27.4. The van der Waals surface area contributed by atoms with E-state index in [1.54, 1.807) is 37.5 Å². The molecule has 3 heterocycles. The van der Waals surface area contributed by atoms with Crippen molar-refractivity contribution in [2.24, 2.45) is 0 Å². The van der Waals surface area contributed by atoms with E-state index in [2.05, 4.69) is 20.3 Å². The average Bonchev–Trinajstić information content (AvgIpc) is 3.49. The van der Waals surface area contributed by atoms with Gasteiger partial charge in [0.05, 0.1) is 28.8 Å². The number of hydrogen-bond donors (Lipinski definition) is 2. The summed E-state index contributed by atoms with van der Waals surface area (Å²) < 4.78 is 10.8. The van der Waals surface area contributed by atoms with E-state index in [4.69, 9.17) is 9.47 Å². The molecule has 4 aromatic rings. The topological polar surface area (TPSA) is 123 Å². The van der Waals surface area contributed by atoms with Crippen LogP contribution in [0.1, 0.15) is 70.7 Å². The van der Waals surface area contributed by atoms with Gasteiger partial charge < -0.3 is 19.8 Å². The Labute approximate surface area is 230 Å². The fourth-order valence-electron chi connectivity index (χ4n) is 4.70. The molecule has 1 unspecified atom stereocenters. The minimum Gasteiger partial charge on any atom is -0.462 e. The summed E-state index contributed by atoms with van der Waals surface area (Å²) in [5.41, 5.74) is 3.87. The van der Waals surface area contributed by atoms with Crippen LogP contribution in [0.3, 0.4) is 0 Å². The van der Waals surface area contributed by atoms with Crippen molar-refractivity contribution in [3.63, 3.8) is 0 Å². The molecule has 2 N–H and O–H groups in total. The number of esters is 2. The highest BCUT2D eigenvalue weighted by atomic mass is 32.1. The molecule has 10 heteroatoms. The number of fused-ring (bicyclic) bond motifs is 2. The Morgan fingerprint density at radius 3 is 2.69 bits per heavy atom. The van der Waals surface area contributed by atoms with Gasteiger partial charge in [-0.3, -0.25) is 9.78 Å². The van der Waals surface area contributed by atoms with Gasteiger partial charge in [-0.25, -0.2) is 14.6 Å². The number of imidazole rings is 1. The second-order valence-corrected chi connectivity index (χ2v) is 10.5. The van der Waals surface area contributed by atoms with Crippen molar-refractivity contribution in [2.45, 2.75) is 58.5 Å². The lowest BCUT2D eigenvalue weighted by Gasteiger charge is -2.14. The summed E-state index contributed by atoms with van der Waals surface area (Å²) in [4.78, 5) is 51.8. The molecular weight excluding hydrogens is 516 g/mol. The van der Waals surface area contributed by atoms with E-state index >= 15 is 0 Å². The monoisotopic (exact) mass is 546 g/mol. The zero-order valence-corrected chi connectivity index (χ0v) is 22.7. The van der Waals surface area contributed by atoms with E-state index < -0.39 is 23.9 Å². The molecule has 0 saturated heterocycles. The molecule has 202 valence electrons. The Balaban J connectivity index is 1.31. The third kappa shape index (κ3) is 5.85. The molecule has 39 heavy (non-hydrogen) atoms. The highest BCUT2D eigenvalue weighted by Crippen LogP contribution is 2.37. The van der Waals surface area contributed by atoms with Gasteiger partial charge in [0.1, 0.15) is 10.8 Å². The van der Waals surface area contributed by atoms with Crippen LogP contribution in [0.15, 0.2) is 42.7 Å². The molecule has 0 fully saturated rings. The molecule has 3 aromatic heterocycles. The van der Waals surface area contributed by atoms with Crippen LogP contribution in [0.4, 0.5) is 5.00 Å². The number of rotatable bonds is 7. The molecule has 5 rings (SSSR count). The summed E-state index contributed by atoms with van der Waals surface area (Å²) in [5, 5.41) is 3.29. The number of hydrogen-bond acceptors (Lipinski definition) is 8. The number of aryl methyl sites for hydroxylation is 1. The molecule has 0 aliphatic heterocycles. The van der Waals surface area contributed by atoms with Gasteiger partial charge in [0, 0.05) is 22.8 Å². The van der Waals surface area contributed by atoms with Gasteiger partial charge in [-0.1, -0.05) is 12.8 Å². The Bertz CT molecular complexity index is 1510. The van der Waals surface area contributed by atoms with Crippen LogP contribution >= 0.6 is 11.3 Å². The van der Waals surface area contributed by atoms with Crippen molar-refractivity contribution in [2.75, 3.05) is 11.9 Å². The molecular formula is C29H30N4O5S. The van der Waals surface area contributed by atoms with Gasteiger partial charge in [-0.15, -0.1) is 11.3 Å². The minimum atomic E-state index is -1.08. The lowest BCUT2D eigenvalue weighted by Crippen LogP contribution is -2.30. The van der Waals surface area contributed by atoms with Crippen LogP contribution in [-0.4, -0.2) is 45.5 Å². The maximum atomic E-state index is 13.1. The van der Waals surface area contributed by atoms with Crippen LogP contribution in [0.5, 0.6) is 0 Å². The number of pyridine rings is 1. The van der Waals surface area contributed by atoms with Gasteiger partial charge in [0.2, 0.25) is 0 Å². The Hall–Kier alpha value is -4.05. The quantitative estimate of drug-likeness (QED) is 0.285. The van der Waals surface area contributed by atoms with Gasteiger partial charge >= 0.3 is 11.9 Å². The van der Waals surface area contributed by atoms with E-state index in [0.29, 0.717) is 27.4 Å². The lowest BCUT2D eigenvalue weighted by atomic mass is 9.96. The predicted molar refractivity (Wildman–Crippen MR) is 149 cm³/mol. The minimum absolute atomic E-state index is 0.245. The molecule has 0 radical (unpaired) electrons. The van der Waals surface area contributed by atoms with E-state index in [1.165, 1.54) is 18.3 Å². The number of anilines is 1. The van der Waals surface area contributed by atoms with Crippen LogP contribution < -0.4 is 5.32 Å². The number of aromatic nitrogens is 3. The number of ether oxygens (including phenoxy) is 2. The fourth-order valence-corrected chi connectivity index (χ4v) is 5.98. The molecule has 1 atom stereocenters. The highest BCUT2D eigenvalue weighted by Gasteiger charge is 2.28. The molecule has 1 aliphatic carbocycles. The summed E-state index contributed by atoms with van der Waals surface area (Å²) in [7, 11) is 0. The van der Waals surface area contributed by atoms with Gasteiger partial charge in [-0.05, 0) is 75.4 Å². The molecule has 1 amide bonds. The molecule has 0 saturated carbocycles. The van der Waals surface area contributed by atoms with Gasteiger partial charge in [0.25, 0.3) is 5.91 Å². The van der Waals surface area contributed by atoms with E-state index in [1.807, 2.05) is 12.1 Å². The summed E-state index contributed by atoms with van der Waals surface area (Å²) >= 11 is 1.41. The number of carbonyl (C=O) groups is 3. The van der Waals surface area contributed by atoms with Crippen LogP contribution in [0.25, 0.3) is 22.4 Å². The Morgan fingerprint density at radius 1 is 1.10 bits per heavy atom. The maximum Gasteiger partial charge on any atom is 0.341 e. The van der Waals surface area contributed by atoms with Crippen molar-refractivity contribution in [3.8, 4) is 11.4 Å². The van der Waals surface area contributed by atoms with E-state index in [9.17, 15) is 14.4 Å². The van der Waals surface area contributed by atoms with Crippen molar-refractivity contribution in [1.82, 2.24) is 15.0 Å². The lowest BCUT2D eigenvalue weighted by molar-refractivity contribution is -0.123. The van der Waals surface area contributed by atoms with Crippen LogP contribution in [0, 0.1) is 0 Å². The maximum absolute atomic E-state index is 13.1. The largest absolute Gasteiger partial charge is 0.462 e. The molecule has 1 aromatic carbocycles. The second kappa shape index (κ2) is 11.8. The summed E-state index contributed by atoms with van der Waals surface area (Å²) in [6.45, 7) is 3.51. The van der Waals surface area contributed by atoms with Gasteiger partial charge in [-0.2, -0.15) is 0 Å². The first-order chi connectivity index (χ1) is 18.9.